The van der Waals surface area contributed by atoms with Crippen molar-refractivity contribution in [3.8, 4) is 5.75 Å². The summed E-state index contributed by atoms with van der Waals surface area (Å²) in [5.74, 6) is -0.358. The van der Waals surface area contributed by atoms with Crippen LogP contribution < -0.4 is 10.1 Å². The quantitative estimate of drug-likeness (QED) is 0.792. The molecule has 0 aliphatic rings. The van der Waals surface area contributed by atoms with E-state index in [1.165, 1.54) is 6.92 Å². The van der Waals surface area contributed by atoms with E-state index in [4.69, 9.17) is 9.47 Å². The first-order chi connectivity index (χ1) is 11.6. The average Bonchev–Trinajstić information content (AvgIpc) is 2.61. The summed E-state index contributed by atoms with van der Waals surface area (Å²) in [4.78, 5) is 24.3. The number of hydrogen-bond acceptors (Lipinski definition) is 4. The molecule has 1 N–H and O–H groups in total. The van der Waals surface area contributed by atoms with Gasteiger partial charge >= 0.3 is 5.97 Å². The second-order valence-corrected chi connectivity index (χ2v) is 5.26. The van der Waals surface area contributed by atoms with Crippen molar-refractivity contribution in [2.24, 2.45) is 0 Å². The average molecular weight is 327 g/mol. The predicted molar refractivity (Wildman–Crippen MR) is 91.8 cm³/mol. The molecule has 0 fully saturated rings. The highest BCUT2D eigenvalue weighted by atomic mass is 16.6. The lowest BCUT2D eigenvalue weighted by atomic mass is 10.2. The lowest BCUT2D eigenvalue weighted by Crippen LogP contribution is -2.36. The molecule has 0 aliphatic heterocycles. The number of carbonyl (C=O) groups excluding carboxylic acids is 2. The highest BCUT2D eigenvalue weighted by molar-refractivity contribution is 5.95. The number of carbonyl (C=O) groups is 2. The summed E-state index contributed by atoms with van der Waals surface area (Å²) in [6.45, 7) is 3.36. The van der Waals surface area contributed by atoms with Gasteiger partial charge in [-0.05, 0) is 37.6 Å². The Bertz CT molecular complexity index is 658. The van der Waals surface area contributed by atoms with Gasteiger partial charge in [0, 0.05) is 5.69 Å². The summed E-state index contributed by atoms with van der Waals surface area (Å²) in [6, 6.07) is 18.0. The van der Waals surface area contributed by atoms with E-state index < -0.39 is 18.2 Å². The van der Waals surface area contributed by atoms with Crippen molar-refractivity contribution in [2.45, 2.75) is 32.5 Å². The van der Waals surface area contributed by atoms with Gasteiger partial charge in [-0.1, -0.05) is 43.3 Å². The van der Waals surface area contributed by atoms with Crippen LogP contribution >= 0.6 is 0 Å². The smallest absolute Gasteiger partial charge is 0.348 e. The molecule has 0 saturated carbocycles. The molecule has 2 aromatic rings. The van der Waals surface area contributed by atoms with E-state index in [1.54, 1.807) is 24.3 Å². The molecule has 2 rings (SSSR count). The SMILES string of the molecule is CC[C@H](Oc1ccccc1)C(=O)O[C@@H](C)C(=O)Nc1ccccc1. The Morgan fingerprint density at radius 1 is 1.00 bits per heavy atom. The number of nitrogens with one attached hydrogen (secondary N) is 1. The van der Waals surface area contributed by atoms with Crippen LogP contribution in [0.15, 0.2) is 60.7 Å². The van der Waals surface area contributed by atoms with Crippen LogP contribution in [0, 0.1) is 0 Å². The van der Waals surface area contributed by atoms with Gasteiger partial charge in [-0.3, -0.25) is 4.79 Å². The Labute approximate surface area is 141 Å². The van der Waals surface area contributed by atoms with Crippen molar-refractivity contribution in [2.75, 3.05) is 5.32 Å². The number of hydrogen-bond donors (Lipinski definition) is 1. The van der Waals surface area contributed by atoms with Crippen LogP contribution in [-0.4, -0.2) is 24.1 Å². The van der Waals surface area contributed by atoms with Gasteiger partial charge in [0.25, 0.3) is 5.91 Å². The first-order valence-corrected chi connectivity index (χ1v) is 7.88. The van der Waals surface area contributed by atoms with Crippen LogP contribution in [-0.2, 0) is 14.3 Å². The topological polar surface area (TPSA) is 64.6 Å². The highest BCUT2D eigenvalue weighted by Gasteiger charge is 2.25. The van der Waals surface area contributed by atoms with Crippen molar-refractivity contribution >= 4 is 17.6 Å². The van der Waals surface area contributed by atoms with Gasteiger partial charge in [-0.2, -0.15) is 0 Å². The van der Waals surface area contributed by atoms with E-state index in [0.29, 0.717) is 17.9 Å². The minimum absolute atomic E-state index is 0.385. The Balaban J connectivity index is 1.90. The molecular weight excluding hydrogens is 306 g/mol. The molecule has 126 valence electrons. The first-order valence-electron chi connectivity index (χ1n) is 7.88. The number of esters is 1. The van der Waals surface area contributed by atoms with Crippen LogP contribution in [0.25, 0.3) is 0 Å². The molecule has 2 aromatic carbocycles. The lowest BCUT2D eigenvalue weighted by molar-refractivity contribution is -0.160. The summed E-state index contributed by atoms with van der Waals surface area (Å²) < 4.78 is 10.9. The van der Waals surface area contributed by atoms with Gasteiger partial charge in [-0.25, -0.2) is 4.79 Å². The van der Waals surface area contributed by atoms with Crippen molar-refractivity contribution in [3.05, 3.63) is 60.7 Å². The van der Waals surface area contributed by atoms with Crippen LogP contribution in [0.5, 0.6) is 5.75 Å². The zero-order valence-corrected chi connectivity index (χ0v) is 13.8. The molecular formula is C19H21NO4. The van der Waals surface area contributed by atoms with Crippen molar-refractivity contribution < 1.29 is 19.1 Å². The molecule has 0 aromatic heterocycles. The van der Waals surface area contributed by atoms with E-state index in [1.807, 2.05) is 43.3 Å². The van der Waals surface area contributed by atoms with Crippen LogP contribution in [0.4, 0.5) is 5.69 Å². The Hall–Kier alpha value is -2.82. The molecule has 0 radical (unpaired) electrons. The molecule has 0 bridgehead atoms. The third kappa shape index (κ3) is 5.12. The maximum Gasteiger partial charge on any atom is 0.348 e. The summed E-state index contributed by atoms with van der Waals surface area (Å²) in [6.07, 6.45) is -1.22. The van der Waals surface area contributed by atoms with E-state index >= 15 is 0 Å². The zero-order valence-electron chi connectivity index (χ0n) is 13.8. The second-order valence-electron chi connectivity index (χ2n) is 5.26. The predicted octanol–water partition coefficient (Wildman–Crippen LogP) is 3.41. The van der Waals surface area contributed by atoms with Crippen molar-refractivity contribution in [1.82, 2.24) is 0 Å². The van der Waals surface area contributed by atoms with Gasteiger partial charge in [0.2, 0.25) is 0 Å². The van der Waals surface area contributed by atoms with Gasteiger partial charge in [0.05, 0.1) is 0 Å². The number of benzene rings is 2. The third-order valence-electron chi connectivity index (χ3n) is 3.36. The molecule has 0 spiro atoms. The molecule has 0 aliphatic carbocycles. The third-order valence-corrected chi connectivity index (χ3v) is 3.36. The van der Waals surface area contributed by atoms with Gasteiger partial charge < -0.3 is 14.8 Å². The summed E-state index contributed by atoms with van der Waals surface area (Å²) in [5.41, 5.74) is 0.651. The lowest BCUT2D eigenvalue weighted by Gasteiger charge is -2.19. The van der Waals surface area contributed by atoms with Crippen LogP contribution in [0.3, 0.4) is 0 Å². The maximum atomic E-state index is 12.2. The fourth-order valence-electron chi connectivity index (χ4n) is 2.03. The minimum Gasteiger partial charge on any atom is -0.479 e. The van der Waals surface area contributed by atoms with E-state index in [9.17, 15) is 9.59 Å². The normalized spacial score (nSPS) is 12.8. The fraction of sp³-hybridized carbons (Fsp3) is 0.263. The Morgan fingerprint density at radius 3 is 2.17 bits per heavy atom. The van der Waals surface area contributed by atoms with E-state index in [-0.39, 0.29) is 5.91 Å². The maximum absolute atomic E-state index is 12.2. The first kappa shape index (κ1) is 17.5. The fourth-order valence-corrected chi connectivity index (χ4v) is 2.03. The number of amides is 1. The number of ether oxygens (including phenoxy) is 2. The van der Waals surface area contributed by atoms with E-state index in [0.717, 1.165) is 0 Å². The Kier molecular flexibility index (Phi) is 6.37. The summed E-state index contributed by atoms with van der Waals surface area (Å²) in [5, 5.41) is 2.70. The van der Waals surface area contributed by atoms with Crippen LogP contribution in [0.1, 0.15) is 20.3 Å². The molecule has 0 unspecified atom stereocenters. The molecule has 0 heterocycles. The number of para-hydroxylation sites is 2. The summed E-state index contributed by atoms with van der Waals surface area (Å²) >= 11 is 0. The molecule has 5 nitrogen and oxygen atoms in total. The van der Waals surface area contributed by atoms with Gasteiger partial charge in [0.1, 0.15) is 5.75 Å². The largest absolute Gasteiger partial charge is 0.479 e. The molecule has 5 heteroatoms. The van der Waals surface area contributed by atoms with E-state index in [2.05, 4.69) is 5.32 Å². The van der Waals surface area contributed by atoms with Gasteiger partial charge in [0.15, 0.2) is 12.2 Å². The molecule has 0 saturated heterocycles. The molecule has 2 atom stereocenters. The van der Waals surface area contributed by atoms with Crippen molar-refractivity contribution in [1.29, 1.82) is 0 Å². The zero-order chi connectivity index (χ0) is 17.4. The van der Waals surface area contributed by atoms with Gasteiger partial charge in [-0.15, -0.1) is 0 Å². The minimum atomic E-state index is -0.911. The molecule has 1 amide bonds. The molecule has 24 heavy (non-hydrogen) atoms. The monoisotopic (exact) mass is 327 g/mol. The van der Waals surface area contributed by atoms with Crippen molar-refractivity contribution in [3.63, 3.8) is 0 Å². The number of anilines is 1. The standard InChI is InChI=1S/C19H21NO4/c1-3-17(24-16-12-8-5-9-13-16)19(22)23-14(2)18(21)20-15-10-6-4-7-11-15/h4-14,17H,3H2,1-2H3,(H,20,21)/t14-,17-/m0/s1. The highest BCUT2D eigenvalue weighted by Crippen LogP contribution is 2.14. The van der Waals surface area contributed by atoms with Crippen LogP contribution in [0.2, 0.25) is 0 Å². The summed E-state index contributed by atoms with van der Waals surface area (Å²) in [7, 11) is 0. The Morgan fingerprint density at radius 2 is 1.58 bits per heavy atom. The number of rotatable bonds is 7. The second kappa shape index (κ2) is 8.72.